The predicted octanol–water partition coefficient (Wildman–Crippen LogP) is 0.796. The van der Waals surface area contributed by atoms with E-state index in [4.69, 9.17) is 67.3 Å². The number of ether oxygens (including phenoxy) is 3. The maximum atomic E-state index is 11.1. The third kappa shape index (κ3) is 24.1. The molecular weight excluding hydrogens is 849 g/mol. The Hall–Kier alpha value is 0.0675. The van der Waals surface area contributed by atoms with Crippen LogP contribution in [0.5, 0.6) is 0 Å². The molecule has 3 atom stereocenters. The maximum Gasteiger partial charge on any atom is 0.500 e. The second-order valence-corrected chi connectivity index (χ2v) is 26.2. The summed E-state index contributed by atoms with van der Waals surface area (Å²) < 4.78 is 83.7. The van der Waals surface area contributed by atoms with Gasteiger partial charge in [-0.2, -0.15) is 0 Å². The van der Waals surface area contributed by atoms with E-state index in [1.807, 2.05) is 4.90 Å². The average Bonchev–Trinajstić information content (AvgIpc) is 3.26. The van der Waals surface area contributed by atoms with Gasteiger partial charge in [-0.3, -0.25) is 9.80 Å². The molecule has 0 radical (unpaired) electrons. The van der Waals surface area contributed by atoms with Crippen molar-refractivity contribution in [1.82, 2.24) is 9.80 Å². The molecule has 0 spiro atoms. The molecular formula is C35H82N2O18Si4. The smallest absolute Gasteiger partial charge is 0.389 e. The molecule has 0 aliphatic rings. The summed E-state index contributed by atoms with van der Waals surface area (Å²) in [6.07, 6.45) is 0.131. The number of aliphatic hydroxyl groups is 3. The quantitative estimate of drug-likeness (QED) is 0.0571. The van der Waals surface area contributed by atoms with Gasteiger partial charge in [-0.05, 0) is 32.2 Å². The highest BCUT2D eigenvalue weighted by atomic mass is 28.4. The first kappa shape index (κ1) is 59.1. The van der Waals surface area contributed by atoms with Crippen LogP contribution in [0, 0.1) is 0 Å². The molecule has 0 bridgehead atoms. The van der Waals surface area contributed by atoms with Crippen LogP contribution in [0.25, 0.3) is 0 Å². The summed E-state index contributed by atoms with van der Waals surface area (Å²) in [7, 11) is 7.90. The fourth-order valence-corrected chi connectivity index (χ4v) is 13.2. The number of rotatable bonds is 43. The average molecular weight is 931 g/mol. The van der Waals surface area contributed by atoms with Crippen LogP contribution in [0.4, 0.5) is 0 Å². The van der Waals surface area contributed by atoms with Crippen LogP contribution in [-0.2, 0) is 67.3 Å². The van der Waals surface area contributed by atoms with Crippen molar-refractivity contribution in [2.24, 2.45) is 0 Å². The molecule has 0 saturated heterocycles. The Kier molecular flexibility index (Phi) is 34.5. The van der Waals surface area contributed by atoms with E-state index in [0.29, 0.717) is 95.9 Å². The van der Waals surface area contributed by atoms with Crippen LogP contribution >= 0.6 is 0 Å². The minimum Gasteiger partial charge on any atom is -0.389 e. The van der Waals surface area contributed by atoms with Crippen molar-refractivity contribution < 1.29 is 82.6 Å². The van der Waals surface area contributed by atoms with Gasteiger partial charge in [0.2, 0.25) is 0 Å². The zero-order valence-corrected chi connectivity index (χ0v) is 42.2. The summed E-state index contributed by atoms with van der Waals surface area (Å²) in [4.78, 5) is 4.10. The van der Waals surface area contributed by atoms with E-state index in [1.165, 1.54) is 0 Å². The molecule has 0 aromatic carbocycles. The van der Waals surface area contributed by atoms with Crippen LogP contribution in [0.1, 0.15) is 25.7 Å². The minimum atomic E-state index is -2.82. The molecule has 3 unspecified atom stereocenters. The highest BCUT2D eigenvalue weighted by Crippen LogP contribution is 2.18. The predicted molar refractivity (Wildman–Crippen MR) is 228 cm³/mol. The molecule has 0 amide bonds. The molecule has 0 aromatic rings. The van der Waals surface area contributed by atoms with Crippen molar-refractivity contribution >= 4 is 35.2 Å². The summed E-state index contributed by atoms with van der Waals surface area (Å²) >= 11 is 0. The lowest BCUT2D eigenvalue weighted by molar-refractivity contribution is -0.0154. The summed E-state index contributed by atoms with van der Waals surface area (Å²) in [6, 6.07) is 2.31. The second-order valence-electron chi connectivity index (χ2n) is 13.8. The van der Waals surface area contributed by atoms with E-state index in [2.05, 4.69) is 4.90 Å². The summed E-state index contributed by atoms with van der Waals surface area (Å²) in [5, 5.41) is 33.2. The first-order valence-electron chi connectivity index (χ1n) is 20.1. The van der Waals surface area contributed by atoms with E-state index < -0.39 is 53.5 Å². The SMILES string of the molecule is CO[Si](CCCOCC(O)CN(CCC[Si](OC)(OC)OC)CCN(CC(O)COCCC[Si](OC)(OC)OC)CC(O)COCCC[Si](OC)(OC)OC)(OC)OC. The number of aliphatic hydroxyl groups excluding tert-OH is 3. The first-order valence-corrected chi connectivity index (χ1v) is 27.8. The fraction of sp³-hybridized carbons (Fsp3) is 1.00. The zero-order valence-electron chi connectivity index (χ0n) is 38.2. The van der Waals surface area contributed by atoms with Gasteiger partial charge in [0.05, 0.1) is 38.1 Å². The molecule has 20 nitrogen and oxygen atoms in total. The summed E-state index contributed by atoms with van der Waals surface area (Å²) in [5.41, 5.74) is 0. The van der Waals surface area contributed by atoms with Crippen LogP contribution < -0.4 is 0 Å². The normalized spacial score (nSPS) is 14.8. The van der Waals surface area contributed by atoms with Crippen molar-refractivity contribution in [3.05, 3.63) is 0 Å². The summed E-state index contributed by atoms with van der Waals surface area (Å²) in [6.45, 7) is 3.85. The molecule has 0 aliphatic heterocycles. The molecule has 59 heavy (non-hydrogen) atoms. The van der Waals surface area contributed by atoms with Gasteiger partial charge in [0.1, 0.15) is 0 Å². The molecule has 24 heteroatoms. The molecule has 0 aliphatic carbocycles. The van der Waals surface area contributed by atoms with Gasteiger partial charge in [0, 0.05) is 162 Å². The Morgan fingerprint density at radius 3 is 0.847 bits per heavy atom. The lowest BCUT2D eigenvalue weighted by Gasteiger charge is -2.32. The van der Waals surface area contributed by atoms with E-state index in [-0.39, 0.29) is 32.9 Å². The van der Waals surface area contributed by atoms with E-state index in [1.54, 1.807) is 85.3 Å². The Balaban J connectivity index is 5.68. The fourth-order valence-electron chi connectivity index (χ4n) is 6.46. The van der Waals surface area contributed by atoms with Gasteiger partial charge in [-0.15, -0.1) is 0 Å². The highest BCUT2D eigenvalue weighted by molar-refractivity contribution is 6.61. The first-order chi connectivity index (χ1) is 28.3. The maximum absolute atomic E-state index is 11.1. The molecule has 0 rings (SSSR count). The Bertz CT molecular complexity index is 906. The molecule has 0 heterocycles. The molecule has 356 valence electrons. The number of nitrogens with zero attached hydrogens (tertiary/aromatic N) is 2. The molecule has 0 aromatic heterocycles. The highest BCUT2D eigenvalue weighted by Gasteiger charge is 2.39. The Morgan fingerprint density at radius 2 is 0.576 bits per heavy atom. The van der Waals surface area contributed by atoms with E-state index in [0.717, 1.165) is 0 Å². The summed E-state index contributed by atoms with van der Waals surface area (Å²) in [5.74, 6) is 0. The van der Waals surface area contributed by atoms with Gasteiger partial charge in [0.25, 0.3) is 0 Å². The van der Waals surface area contributed by atoms with Crippen molar-refractivity contribution in [2.45, 2.75) is 68.2 Å². The van der Waals surface area contributed by atoms with Crippen molar-refractivity contribution in [2.75, 3.05) is 164 Å². The molecule has 0 fully saturated rings. The number of hydrogen-bond donors (Lipinski definition) is 3. The lowest BCUT2D eigenvalue weighted by Crippen LogP contribution is -2.47. The molecule has 0 saturated carbocycles. The van der Waals surface area contributed by atoms with Gasteiger partial charge >= 0.3 is 35.2 Å². The topological polar surface area (TPSA) is 206 Å². The van der Waals surface area contributed by atoms with Crippen LogP contribution in [-0.4, -0.2) is 243 Å². The van der Waals surface area contributed by atoms with Gasteiger partial charge in [-0.1, -0.05) is 0 Å². The Labute approximate surface area is 359 Å². The van der Waals surface area contributed by atoms with Crippen LogP contribution in [0.3, 0.4) is 0 Å². The lowest BCUT2D eigenvalue weighted by atomic mass is 10.2. The second kappa shape index (κ2) is 34.5. The minimum absolute atomic E-state index is 0.0923. The van der Waals surface area contributed by atoms with Crippen molar-refractivity contribution in [3.8, 4) is 0 Å². The van der Waals surface area contributed by atoms with Crippen molar-refractivity contribution in [1.29, 1.82) is 0 Å². The van der Waals surface area contributed by atoms with Gasteiger partial charge < -0.3 is 82.6 Å². The van der Waals surface area contributed by atoms with E-state index in [9.17, 15) is 15.3 Å². The third-order valence-electron chi connectivity index (χ3n) is 10.1. The Morgan fingerprint density at radius 1 is 0.339 bits per heavy atom. The number of hydrogen-bond acceptors (Lipinski definition) is 20. The largest absolute Gasteiger partial charge is 0.500 e. The van der Waals surface area contributed by atoms with Crippen LogP contribution in [0.15, 0.2) is 0 Å². The van der Waals surface area contributed by atoms with Crippen molar-refractivity contribution in [3.63, 3.8) is 0 Å². The van der Waals surface area contributed by atoms with Gasteiger partial charge in [-0.25, -0.2) is 0 Å². The van der Waals surface area contributed by atoms with E-state index >= 15 is 0 Å². The third-order valence-corrected chi connectivity index (χ3v) is 21.4. The van der Waals surface area contributed by atoms with Gasteiger partial charge in [0.15, 0.2) is 0 Å². The zero-order chi connectivity index (χ0) is 44.6. The molecule has 3 N–H and O–H groups in total. The standard InChI is InChI=1S/C35H82N2O18Si4/c1-41-56(42-2,43-3)23-13-17-36(27-33(38)30-53-20-14-24-57(44-4,45-5)46-6)18-19-37(28-34(39)31-54-21-15-25-58(47-7,48-8)49-9)29-35(40)32-55-22-16-26-59(50-10,51-11)52-12/h33-35,38-40H,13-32H2,1-12H3. The van der Waals surface area contributed by atoms with Crippen LogP contribution in [0.2, 0.25) is 24.2 Å². The monoisotopic (exact) mass is 930 g/mol.